The fourth-order valence-corrected chi connectivity index (χ4v) is 3.88. The minimum atomic E-state index is -0.958. The molecule has 0 spiro atoms. The van der Waals surface area contributed by atoms with Gasteiger partial charge in [0.2, 0.25) is 0 Å². The minimum absolute atomic E-state index is 0.266. The molecule has 0 radical (unpaired) electrons. The molecule has 0 bridgehead atoms. The quantitative estimate of drug-likeness (QED) is 0.881. The summed E-state index contributed by atoms with van der Waals surface area (Å²) in [6, 6.07) is 8.47. The molecule has 1 N–H and O–H groups in total. The fraction of sp³-hybridized carbons (Fsp3) is 0.700. The van der Waals surface area contributed by atoms with Crippen LogP contribution in [0.1, 0.15) is 25.3 Å². The summed E-state index contributed by atoms with van der Waals surface area (Å²) in [5.74, 6) is 0.836. The molecule has 2 heterocycles. The van der Waals surface area contributed by atoms with E-state index in [1.807, 2.05) is 31.2 Å². The van der Waals surface area contributed by atoms with Crippen LogP contribution in [0.25, 0.3) is 0 Å². The molecule has 2 fully saturated rings. The minimum Gasteiger partial charge on any atom is -0.490 e. The van der Waals surface area contributed by atoms with E-state index in [0.29, 0.717) is 25.8 Å². The number of aryl methyl sites for hydroxylation is 1. The van der Waals surface area contributed by atoms with Crippen LogP contribution in [0.2, 0.25) is 0 Å². The van der Waals surface area contributed by atoms with E-state index in [0.717, 1.165) is 37.5 Å². The van der Waals surface area contributed by atoms with Gasteiger partial charge in [-0.3, -0.25) is 4.90 Å². The number of nitrogens with zero attached hydrogens (tertiary/aromatic N) is 2. The molecule has 2 saturated heterocycles. The van der Waals surface area contributed by atoms with Gasteiger partial charge in [0.05, 0.1) is 13.2 Å². The maximum absolute atomic E-state index is 11.1. The van der Waals surface area contributed by atoms with Crippen molar-refractivity contribution in [3.8, 4) is 5.75 Å². The molecule has 25 heavy (non-hydrogen) atoms. The van der Waals surface area contributed by atoms with Gasteiger partial charge in [-0.15, -0.1) is 0 Å². The van der Waals surface area contributed by atoms with E-state index in [-0.39, 0.29) is 6.61 Å². The average molecular weight is 348 g/mol. The van der Waals surface area contributed by atoms with Crippen molar-refractivity contribution in [2.75, 3.05) is 52.5 Å². The lowest BCUT2D eigenvalue weighted by molar-refractivity contribution is -0.0690. The maximum atomic E-state index is 11.1. The van der Waals surface area contributed by atoms with Crippen molar-refractivity contribution >= 4 is 0 Å². The summed E-state index contributed by atoms with van der Waals surface area (Å²) >= 11 is 0. The van der Waals surface area contributed by atoms with Crippen LogP contribution in [0.4, 0.5) is 0 Å². The summed E-state index contributed by atoms with van der Waals surface area (Å²) < 4.78 is 11.7. The van der Waals surface area contributed by atoms with Crippen LogP contribution in [0.15, 0.2) is 24.3 Å². The highest BCUT2D eigenvalue weighted by Crippen LogP contribution is 2.23. The SMILES string of the molecule is CCN1CCC(N2CCOC[C@](O)(COc3ccccc3C)C2)CC1. The van der Waals surface area contributed by atoms with E-state index < -0.39 is 5.60 Å². The second kappa shape index (κ2) is 8.49. The Hall–Kier alpha value is -1.14. The Morgan fingerprint density at radius 3 is 2.72 bits per heavy atom. The summed E-state index contributed by atoms with van der Waals surface area (Å²) in [7, 11) is 0. The van der Waals surface area contributed by atoms with E-state index >= 15 is 0 Å². The van der Waals surface area contributed by atoms with Gasteiger partial charge >= 0.3 is 0 Å². The molecule has 5 nitrogen and oxygen atoms in total. The van der Waals surface area contributed by atoms with Crippen molar-refractivity contribution in [2.24, 2.45) is 0 Å². The first-order chi connectivity index (χ1) is 12.1. The molecule has 0 aliphatic carbocycles. The van der Waals surface area contributed by atoms with E-state index in [1.165, 1.54) is 12.8 Å². The Labute approximate surface area is 151 Å². The fourth-order valence-electron chi connectivity index (χ4n) is 3.88. The average Bonchev–Trinajstić information content (AvgIpc) is 2.83. The van der Waals surface area contributed by atoms with Crippen molar-refractivity contribution in [1.29, 1.82) is 0 Å². The highest BCUT2D eigenvalue weighted by atomic mass is 16.5. The van der Waals surface area contributed by atoms with Crippen LogP contribution in [0, 0.1) is 6.92 Å². The molecular weight excluding hydrogens is 316 g/mol. The summed E-state index contributed by atoms with van der Waals surface area (Å²) in [5, 5.41) is 11.1. The predicted octanol–water partition coefficient (Wildman–Crippen LogP) is 1.92. The van der Waals surface area contributed by atoms with Gasteiger partial charge in [-0.25, -0.2) is 0 Å². The smallest absolute Gasteiger partial charge is 0.134 e. The van der Waals surface area contributed by atoms with Crippen LogP contribution >= 0.6 is 0 Å². The van der Waals surface area contributed by atoms with E-state index in [1.54, 1.807) is 0 Å². The largest absolute Gasteiger partial charge is 0.490 e. The summed E-state index contributed by atoms with van der Waals surface area (Å²) in [6.07, 6.45) is 2.34. The summed E-state index contributed by atoms with van der Waals surface area (Å²) in [6.45, 7) is 10.5. The number of ether oxygens (including phenoxy) is 2. The second-order valence-corrected chi connectivity index (χ2v) is 7.47. The zero-order valence-electron chi connectivity index (χ0n) is 15.6. The van der Waals surface area contributed by atoms with Gasteiger partial charge in [0.15, 0.2) is 0 Å². The number of rotatable bonds is 5. The summed E-state index contributed by atoms with van der Waals surface area (Å²) in [4.78, 5) is 4.92. The van der Waals surface area contributed by atoms with Crippen LogP contribution in [0.5, 0.6) is 5.75 Å². The zero-order chi connectivity index (χ0) is 17.7. The van der Waals surface area contributed by atoms with Gasteiger partial charge in [-0.05, 0) is 51.0 Å². The number of β-amino-alcohol motifs (C(OH)–C–C–N with tert-alkyl or cyclic N) is 1. The zero-order valence-corrected chi connectivity index (χ0v) is 15.6. The Balaban J connectivity index is 1.59. The lowest BCUT2D eigenvalue weighted by atomic mass is 9.99. The Kier molecular flexibility index (Phi) is 6.34. The molecule has 1 aromatic rings. The van der Waals surface area contributed by atoms with E-state index in [4.69, 9.17) is 9.47 Å². The lowest BCUT2D eigenvalue weighted by Gasteiger charge is -2.40. The topological polar surface area (TPSA) is 45.2 Å². The van der Waals surface area contributed by atoms with Crippen molar-refractivity contribution in [2.45, 2.75) is 38.3 Å². The molecule has 140 valence electrons. The van der Waals surface area contributed by atoms with Crippen molar-refractivity contribution in [3.05, 3.63) is 29.8 Å². The third-order valence-electron chi connectivity index (χ3n) is 5.50. The molecule has 1 atom stereocenters. The number of para-hydroxylation sites is 1. The van der Waals surface area contributed by atoms with Crippen LogP contribution < -0.4 is 4.74 Å². The van der Waals surface area contributed by atoms with Crippen molar-refractivity contribution in [3.63, 3.8) is 0 Å². The van der Waals surface area contributed by atoms with Crippen molar-refractivity contribution in [1.82, 2.24) is 9.80 Å². The normalized spacial score (nSPS) is 27.2. The standard InChI is InChI=1S/C20H32N2O3/c1-3-21-10-8-18(9-11-21)22-12-13-24-15-20(23,14-22)16-25-19-7-5-4-6-17(19)2/h4-7,18,23H,3,8-16H2,1-2H3/t20-/m0/s1. The Morgan fingerprint density at radius 1 is 1.24 bits per heavy atom. The molecule has 5 heteroatoms. The third-order valence-corrected chi connectivity index (χ3v) is 5.50. The van der Waals surface area contributed by atoms with Gasteiger partial charge in [-0.1, -0.05) is 25.1 Å². The molecular formula is C20H32N2O3. The first kappa shape index (κ1) is 18.6. The Morgan fingerprint density at radius 2 is 2.00 bits per heavy atom. The van der Waals surface area contributed by atoms with Crippen molar-refractivity contribution < 1.29 is 14.6 Å². The third kappa shape index (κ3) is 4.94. The van der Waals surface area contributed by atoms with Gasteiger partial charge in [0.1, 0.15) is 18.0 Å². The van der Waals surface area contributed by atoms with Gasteiger partial charge < -0.3 is 19.5 Å². The highest BCUT2D eigenvalue weighted by Gasteiger charge is 2.36. The predicted molar refractivity (Wildman–Crippen MR) is 99.2 cm³/mol. The number of hydrogen-bond acceptors (Lipinski definition) is 5. The monoisotopic (exact) mass is 348 g/mol. The van der Waals surface area contributed by atoms with Gasteiger partial charge in [0, 0.05) is 19.1 Å². The second-order valence-electron chi connectivity index (χ2n) is 7.47. The van der Waals surface area contributed by atoms with Gasteiger partial charge in [0.25, 0.3) is 0 Å². The number of piperidine rings is 1. The lowest BCUT2D eigenvalue weighted by Crippen LogP contribution is -2.53. The van der Waals surface area contributed by atoms with E-state index in [2.05, 4.69) is 16.7 Å². The Bertz CT molecular complexity index is 545. The molecule has 0 amide bonds. The molecule has 0 aromatic heterocycles. The summed E-state index contributed by atoms with van der Waals surface area (Å²) in [5.41, 5.74) is 0.130. The van der Waals surface area contributed by atoms with Gasteiger partial charge in [-0.2, -0.15) is 0 Å². The molecule has 3 rings (SSSR count). The van der Waals surface area contributed by atoms with Crippen LogP contribution in [-0.4, -0.2) is 79.1 Å². The number of hydrogen-bond donors (Lipinski definition) is 1. The molecule has 0 saturated carbocycles. The molecule has 0 unspecified atom stereocenters. The highest BCUT2D eigenvalue weighted by molar-refractivity contribution is 5.31. The van der Waals surface area contributed by atoms with Crippen LogP contribution in [0.3, 0.4) is 0 Å². The first-order valence-electron chi connectivity index (χ1n) is 9.54. The molecule has 2 aliphatic heterocycles. The number of aliphatic hydroxyl groups is 1. The number of benzene rings is 1. The number of likely N-dealkylation sites (tertiary alicyclic amines) is 1. The first-order valence-corrected chi connectivity index (χ1v) is 9.54. The molecule has 1 aromatic carbocycles. The molecule has 2 aliphatic rings. The maximum Gasteiger partial charge on any atom is 0.134 e. The van der Waals surface area contributed by atoms with E-state index in [9.17, 15) is 5.11 Å². The van der Waals surface area contributed by atoms with Crippen LogP contribution in [-0.2, 0) is 4.74 Å².